The number of aliphatic hydroxyl groups excluding tert-OH is 1. The summed E-state index contributed by atoms with van der Waals surface area (Å²) >= 11 is 0. The number of ether oxygens (including phenoxy) is 3. The van der Waals surface area contributed by atoms with E-state index in [1.807, 2.05) is 0 Å². The van der Waals surface area contributed by atoms with Crippen LogP contribution in [-0.2, 0) is 4.74 Å². The minimum Gasteiger partial charge on any atom is -0.496 e. The van der Waals surface area contributed by atoms with Gasteiger partial charge in [0, 0.05) is 13.5 Å². The molecule has 2 rings (SSSR count). The molecule has 7 heteroatoms. The fourth-order valence-electron chi connectivity index (χ4n) is 2.01. The van der Waals surface area contributed by atoms with Crippen LogP contribution in [-0.4, -0.2) is 42.6 Å². The van der Waals surface area contributed by atoms with Gasteiger partial charge in [0.25, 0.3) is 0 Å². The van der Waals surface area contributed by atoms with Crippen molar-refractivity contribution in [3.05, 3.63) is 28.3 Å². The second-order valence-corrected chi connectivity index (χ2v) is 4.25. The van der Waals surface area contributed by atoms with E-state index in [0.29, 0.717) is 12.2 Å². The van der Waals surface area contributed by atoms with Crippen LogP contribution in [0.15, 0.2) is 18.2 Å². The molecule has 0 amide bonds. The Hall–Kier alpha value is -1.86. The molecule has 1 aromatic carbocycles. The van der Waals surface area contributed by atoms with Crippen LogP contribution in [0.2, 0.25) is 0 Å². The van der Waals surface area contributed by atoms with Gasteiger partial charge in [-0.3, -0.25) is 10.1 Å². The summed E-state index contributed by atoms with van der Waals surface area (Å²) < 4.78 is 15.5. The summed E-state index contributed by atoms with van der Waals surface area (Å²) in [7, 11) is 2.90. The van der Waals surface area contributed by atoms with Gasteiger partial charge in [0.1, 0.15) is 18.0 Å². The molecule has 3 unspecified atom stereocenters. The predicted octanol–water partition coefficient (Wildman–Crippen LogP) is 1.13. The predicted molar refractivity (Wildman–Crippen MR) is 65.5 cm³/mol. The van der Waals surface area contributed by atoms with E-state index >= 15 is 0 Å². The van der Waals surface area contributed by atoms with Crippen LogP contribution in [0.4, 0.5) is 5.69 Å². The van der Waals surface area contributed by atoms with Crippen molar-refractivity contribution >= 4 is 5.69 Å². The third-order valence-electron chi connectivity index (χ3n) is 3.13. The van der Waals surface area contributed by atoms with Crippen LogP contribution in [0.25, 0.3) is 0 Å². The Labute approximate surface area is 109 Å². The zero-order valence-electron chi connectivity index (χ0n) is 10.6. The quantitative estimate of drug-likeness (QED) is 0.636. The summed E-state index contributed by atoms with van der Waals surface area (Å²) in [4.78, 5) is 10.4. The summed E-state index contributed by atoms with van der Waals surface area (Å²) in [5, 5.41) is 20.4. The first-order chi connectivity index (χ1) is 9.06. The van der Waals surface area contributed by atoms with Gasteiger partial charge in [0.15, 0.2) is 5.75 Å². The molecule has 1 aliphatic rings. The molecule has 0 aliphatic heterocycles. The third kappa shape index (κ3) is 2.61. The van der Waals surface area contributed by atoms with E-state index in [2.05, 4.69) is 0 Å². The molecular formula is C12H15NO6. The van der Waals surface area contributed by atoms with E-state index in [1.165, 1.54) is 26.4 Å². The summed E-state index contributed by atoms with van der Waals surface area (Å²) in [6.45, 7) is 0. The molecule has 1 saturated carbocycles. The summed E-state index contributed by atoms with van der Waals surface area (Å²) in [6, 6.07) is 4.36. The fourth-order valence-corrected chi connectivity index (χ4v) is 2.01. The molecule has 0 aromatic heterocycles. The normalized spacial score (nSPS) is 25.5. The molecular weight excluding hydrogens is 254 g/mol. The Kier molecular flexibility index (Phi) is 3.87. The van der Waals surface area contributed by atoms with Gasteiger partial charge in [-0.2, -0.15) is 0 Å². The van der Waals surface area contributed by atoms with Gasteiger partial charge in [-0.15, -0.1) is 0 Å². The van der Waals surface area contributed by atoms with E-state index in [9.17, 15) is 15.2 Å². The first-order valence-corrected chi connectivity index (χ1v) is 5.76. The standard InChI is InChI=1S/C12H15NO6/c1-17-7-3-4-10(8(5-7)13(15)16)19-11-6-9(14)12(11)18-2/h3-5,9,11-12,14H,6H2,1-2H3. The van der Waals surface area contributed by atoms with Gasteiger partial charge in [0.05, 0.1) is 24.2 Å². The monoisotopic (exact) mass is 269 g/mol. The Balaban J connectivity index is 2.18. The number of methoxy groups -OCH3 is 2. The van der Waals surface area contributed by atoms with Crippen molar-refractivity contribution in [1.29, 1.82) is 0 Å². The van der Waals surface area contributed by atoms with E-state index in [-0.39, 0.29) is 17.5 Å². The van der Waals surface area contributed by atoms with Crippen LogP contribution >= 0.6 is 0 Å². The van der Waals surface area contributed by atoms with Crippen molar-refractivity contribution in [3.8, 4) is 11.5 Å². The van der Waals surface area contributed by atoms with Crippen molar-refractivity contribution in [2.45, 2.75) is 24.7 Å². The van der Waals surface area contributed by atoms with Crippen molar-refractivity contribution in [2.75, 3.05) is 14.2 Å². The maximum atomic E-state index is 11.0. The molecule has 1 N–H and O–H groups in total. The van der Waals surface area contributed by atoms with Crippen molar-refractivity contribution in [1.82, 2.24) is 0 Å². The van der Waals surface area contributed by atoms with Gasteiger partial charge < -0.3 is 19.3 Å². The van der Waals surface area contributed by atoms with E-state index in [1.54, 1.807) is 6.07 Å². The highest BCUT2D eigenvalue weighted by Crippen LogP contribution is 2.35. The zero-order chi connectivity index (χ0) is 14.0. The Morgan fingerprint density at radius 3 is 2.68 bits per heavy atom. The minimum atomic E-state index is -0.590. The zero-order valence-corrected chi connectivity index (χ0v) is 10.6. The Morgan fingerprint density at radius 2 is 2.16 bits per heavy atom. The average molecular weight is 269 g/mol. The highest BCUT2D eigenvalue weighted by molar-refractivity contribution is 5.51. The molecule has 0 heterocycles. The topological polar surface area (TPSA) is 91.1 Å². The van der Waals surface area contributed by atoms with Gasteiger partial charge in [-0.25, -0.2) is 0 Å². The molecule has 0 bridgehead atoms. The lowest BCUT2D eigenvalue weighted by Crippen LogP contribution is -2.54. The molecule has 1 fully saturated rings. The number of benzene rings is 1. The van der Waals surface area contributed by atoms with E-state index < -0.39 is 17.1 Å². The average Bonchev–Trinajstić information content (AvgIpc) is 2.38. The second-order valence-electron chi connectivity index (χ2n) is 4.25. The Bertz CT molecular complexity index is 477. The molecule has 0 radical (unpaired) electrons. The van der Waals surface area contributed by atoms with E-state index in [0.717, 1.165) is 0 Å². The third-order valence-corrected chi connectivity index (χ3v) is 3.13. The van der Waals surface area contributed by atoms with Crippen molar-refractivity contribution in [2.24, 2.45) is 0 Å². The van der Waals surface area contributed by atoms with Gasteiger partial charge in [-0.05, 0) is 12.1 Å². The number of nitrogens with zero attached hydrogens (tertiary/aromatic N) is 1. The molecule has 3 atom stereocenters. The molecule has 1 aliphatic carbocycles. The van der Waals surface area contributed by atoms with Crippen LogP contribution in [0.1, 0.15) is 6.42 Å². The van der Waals surface area contributed by atoms with Crippen molar-refractivity contribution < 1.29 is 24.2 Å². The van der Waals surface area contributed by atoms with Crippen LogP contribution in [0.3, 0.4) is 0 Å². The smallest absolute Gasteiger partial charge is 0.314 e. The van der Waals surface area contributed by atoms with Gasteiger partial charge in [0.2, 0.25) is 0 Å². The Morgan fingerprint density at radius 1 is 1.42 bits per heavy atom. The molecule has 19 heavy (non-hydrogen) atoms. The number of rotatable bonds is 5. The van der Waals surface area contributed by atoms with Crippen molar-refractivity contribution in [3.63, 3.8) is 0 Å². The maximum Gasteiger partial charge on any atom is 0.314 e. The molecule has 7 nitrogen and oxygen atoms in total. The molecule has 1 aromatic rings. The number of aliphatic hydroxyl groups is 1. The van der Waals surface area contributed by atoms with E-state index in [4.69, 9.17) is 14.2 Å². The lowest BCUT2D eigenvalue weighted by Gasteiger charge is -2.39. The van der Waals surface area contributed by atoms with Gasteiger partial charge >= 0.3 is 5.69 Å². The van der Waals surface area contributed by atoms with Crippen LogP contribution < -0.4 is 9.47 Å². The van der Waals surface area contributed by atoms with Gasteiger partial charge in [-0.1, -0.05) is 0 Å². The van der Waals surface area contributed by atoms with Crippen LogP contribution in [0, 0.1) is 10.1 Å². The van der Waals surface area contributed by atoms with Crippen LogP contribution in [0.5, 0.6) is 11.5 Å². The fraction of sp³-hybridized carbons (Fsp3) is 0.500. The summed E-state index contributed by atoms with van der Waals surface area (Å²) in [5.41, 5.74) is -0.171. The number of nitro benzene ring substituents is 1. The first kappa shape index (κ1) is 13.6. The number of hydrogen-bond acceptors (Lipinski definition) is 6. The highest BCUT2D eigenvalue weighted by atomic mass is 16.6. The summed E-state index contributed by atoms with van der Waals surface area (Å²) in [5.74, 6) is 0.528. The number of hydrogen-bond donors (Lipinski definition) is 1. The summed E-state index contributed by atoms with van der Waals surface area (Å²) in [6.07, 6.45) is -1.04. The molecule has 0 spiro atoms. The SMILES string of the molecule is COc1ccc(OC2CC(O)C2OC)c([N+](=O)[O-])c1. The lowest BCUT2D eigenvalue weighted by molar-refractivity contribution is -0.386. The largest absolute Gasteiger partial charge is 0.496 e. The maximum absolute atomic E-state index is 11.0. The lowest BCUT2D eigenvalue weighted by atomic mass is 9.88. The first-order valence-electron chi connectivity index (χ1n) is 5.76. The number of nitro groups is 1. The molecule has 104 valence electrons. The molecule has 0 saturated heterocycles. The second kappa shape index (κ2) is 5.41. The highest BCUT2D eigenvalue weighted by Gasteiger charge is 2.43. The minimum absolute atomic E-state index is 0.143.